The molecule has 0 radical (unpaired) electrons. The molecular weight excluding hydrogens is 1010 g/mol. The summed E-state index contributed by atoms with van der Waals surface area (Å²) < 4.78 is 17.6. The van der Waals surface area contributed by atoms with Crippen LogP contribution in [0.1, 0.15) is 123 Å². The summed E-state index contributed by atoms with van der Waals surface area (Å²) in [4.78, 5) is 134. The molecule has 22 heteroatoms. The van der Waals surface area contributed by atoms with Crippen molar-refractivity contribution in [3.63, 3.8) is 0 Å². The third kappa shape index (κ3) is 17.3. The number of carbonyl (C=O) groups is 10. The Bertz CT molecular complexity index is 2500. The van der Waals surface area contributed by atoms with Gasteiger partial charge >= 0.3 is 11.9 Å². The van der Waals surface area contributed by atoms with Crippen LogP contribution in [0.25, 0.3) is 0 Å². The smallest absolute Gasteiger partial charge is 0.333 e. The van der Waals surface area contributed by atoms with Crippen LogP contribution in [0.15, 0.2) is 54.6 Å². The molecule has 3 heterocycles. The Morgan fingerprint density at radius 2 is 1.53 bits per heavy atom. The minimum Gasteiger partial charge on any atom is -0.495 e. The highest BCUT2D eigenvalue weighted by atomic mass is 35.5. The summed E-state index contributed by atoms with van der Waals surface area (Å²) in [6, 6.07) is 8.40. The second-order valence-corrected chi connectivity index (χ2v) is 21.3. The van der Waals surface area contributed by atoms with Gasteiger partial charge in [-0.2, -0.15) is 0 Å². The molecule has 6 N–H and O–H groups in total. The van der Waals surface area contributed by atoms with Crippen LogP contribution in [0, 0.1) is 23.2 Å². The van der Waals surface area contributed by atoms with E-state index in [1.54, 1.807) is 52.0 Å². The van der Waals surface area contributed by atoms with E-state index in [1.807, 2.05) is 45.0 Å². The number of imide groups is 1. The van der Waals surface area contributed by atoms with E-state index in [1.165, 1.54) is 20.1 Å². The molecule has 3 aliphatic heterocycles. The second-order valence-electron chi connectivity index (χ2n) is 20.9. The van der Waals surface area contributed by atoms with Crippen LogP contribution in [0.2, 0.25) is 5.02 Å². The summed E-state index contributed by atoms with van der Waals surface area (Å²) in [7, 11) is 1.49. The monoisotopic (exact) mass is 1080 g/mol. The van der Waals surface area contributed by atoms with E-state index in [0.717, 1.165) is 11.1 Å². The van der Waals surface area contributed by atoms with E-state index < -0.39 is 107 Å². The van der Waals surface area contributed by atoms with Gasteiger partial charge in [-0.1, -0.05) is 82.6 Å². The lowest BCUT2D eigenvalue weighted by molar-refractivity contribution is -0.197. The lowest BCUT2D eigenvalue weighted by atomic mass is 9.90. The van der Waals surface area contributed by atoms with Crippen molar-refractivity contribution in [1.29, 1.82) is 0 Å². The number of methoxy groups -OCH3 is 1. The number of hydrogen-bond donors (Lipinski definition) is 6. The average molecular weight is 1080 g/mol. The topological polar surface area (TPSA) is 286 Å². The summed E-state index contributed by atoms with van der Waals surface area (Å²) in [6.07, 6.45) is 1.34. The van der Waals surface area contributed by atoms with Gasteiger partial charge in [0.05, 0.1) is 23.7 Å². The Labute approximate surface area is 447 Å². The molecule has 76 heavy (non-hydrogen) atoms. The molecule has 8 atom stereocenters. The zero-order valence-corrected chi connectivity index (χ0v) is 45.3. The van der Waals surface area contributed by atoms with E-state index in [9.17, 15) is 47.9 Å². The molecule has 414 valence electrons. The van der Waals surface area contributed by atoms with Crippen molar-refractivity contribution >= 4 is 70.8 Å². The van der Waals surface area contributed by atoms with Gasteiger partial charge in [0.2, 0.25) is 35.4 Å². The third-order valence-corrected chi connectivity index (χ3v) is 13.5. The summed E-state index contributed by atoms with van der Waals surface area (Å²) in [6.45, 7) is 14.0. The predicted octanol–water partition coefficient (Wildman–Crippen LogP) is 3.74. The van der Waals surface area contributed by atoms with Gasteiger partial charge in [-0.15, -0.1) is 5.06 Å². The van der Waals surface area contributed by atoms with Crippen molar-refractivity contribution in [2.24, 2.45) is 23.2 Å². The maximum atomic E-state index is 14.0. The number of carbonyl (C=O) groups excluding carboxylic acids is 10. The number of hydroxylamine groups is 2. The Balaban J connectivity index is 1.17. The Hall–Kier alpha value is -6.87. The van der Waals surface area contributed by atoms with Crippen LogP contribution in [0.3, 0.4) is 0 Å². The molecule has 5 rings (SSSR count). The van der Waals surface area contributed by atoms with Crippen molar-refractivity contribution in [3.05, 3.63) is 76.3 Å². The molecule has 21 nitrogen and oxygen atoms in total. The number of nitrogens with one attached hydrogen (secondary N) is 6. The fraction of sp³-hybridized carbons (Fsp3) is 0.556. The number of benzene rings is 2. The Kier molecular flexibility index (Phi) is 21.5. The lowest BCUT2D eigenvalue weighted by Crippen LogP contribution is -2.54. The second kappa shape index (κ2) is 27.3. The van der Waals surface area contributed by atoms with Gasteiger partial charge in [-0.3, -0.25) is 38.4 Å². The van der Waals surface area contributed by atoms with Gasteiger partial charge < -0.3 is 50.9 Å². The number of esters is 1. The van der Waals surface area contributed by atoms with Crippen LogP contribution in [0.4, 0.5) is 0 Å². The molecule has 0 aromatic heterocycles. The first-order valence-corrected chi connectivity index (χ1v) is 26.0. The zero-order chi connectivity index (χ0) is 56.0. The minimum absolute atomic E-state index is 0.00390. The molecule has 0 spiro atoms. The number of hydrogen-bond acceptors (Lipinski definition) is 14. The maximum Gasteiger partial charge on any atom is 0.333 e. The molecule has 3 aliphatic rings. The number of epoxide rings is 1. The van der Waals surface area contributed by atoms with Gasteiger partial charge in [-0.25, -0.2) is 9.59 Å². The Morgan fingerprint density at radius 1 is 0.855 bits per heavy atom. The van der Waals surface area contributed by atoms with Crippen molar-refractivity contribution in [2.75, 3.05) is 13.7 Å². The standard InChI is InChI=1S/C54H72ClN7O14/c1-29(2)24-38-52(71)74-39(12-10-13-41(63)59-37(26-34-18-21-40(73-9)36(55)25-34)50(69)57-28-54(7,8)53(72)60-38)31(5)47-48(75-47)35-19-16-33(17-20-35)27-56-49(68)32(6)58-51(70)46(30(3)4)61-42(64)14-11-15-45(67)76-62-43(65)22-23-44(62)66/h10,13,16-21,25,29-32,37-39,46-48H,11-12,14-15,22-24,26-28H2,1-9H3,(H,56,68)(H,57,69)(H,58,70)(H,59,63)(H,60,72)(H,61,64)/b13-10-/t31-,32-,37+,38-,39-,46-,47+,48+/m0/s1. The van der Waals surface area contributed by atoms with Crippen molar-refractivity contribution < 1.29 is 67.0 Å². The highest BCUT2D eigenvalue weighted by Crippen LogP contribution is 2.45. The molecule has 0 saturated carbocycles. The predicted molar refractivity (Wildman–Crippen MR) is 276 cm³/mol. The number of amides is 8. The summed E-state index contributed by atoms with van der Waals surface area (Å²) in [5, 5.41) is 17.3. The molecule has 2 fully saturated rings. The molecule has 0 unspecified atom stereocenters. The van der Waals surface area contributed by atoms with E-state index in [4.69, 9.17) is 30.6 Å². The van der Waals surface area contributed by atoms with Gasteiger partial charge in [-0.05, 0) is 80.3 Å². The van der Waals surface area contributed by atoms with E-state index in [-0.39, 0.29) is 82.4 Å². The van der Waals surface area contributed by atoms with Crippen molar-refractivity contribution in [1.82, 2.24) is 37.0 Å². The highest BCUT2D eigenvalue weighted by molar-refractivity contribution is 6.32. The summed E-state index contributed by atoms with van der Waals surface area (Å²) in [5.41, 5.74) is 1.06. The number of halogens is 1. The molecular formula is C54H72ClN7O14. The number of ether oxygens (including phenoxy) is 3. The van der Waals surface area contributed by atoms with Crippen molar-refractivity contribution in [3.8, 4) is 5.75 Å². The number of rotatable bonds is 20. The van der Waals surface area contributed by atoms with Gasteiger partial charge in [0, 0.05) is 57.5 Å². The quantitative estimate of drug-likeness (QED) is 0.0626. The van der Waals surface area contributed by atoms with Crippen LogP contribution >= 0.6 is 11.6 Å². The Morgan fingerprint density at radius 3 is 2.16 bits per heavy atom. The van der Waals surface area contributed by atoms with E-state index in [0.29, 0.717) is 21.4 Å². The molecule has 2 saturated heterocycles. The van der Waals surface area contributed by atoms with Crippen molar-refractivity contribution in [2.45, 2.75) is 156 Å². The largest absolute Gasteiger partial charge is 0.495 e. The van der Waals surface area contributed by atoms with Crippen LogP contribution in [0.5, 0.6) is 5.75 Å². The molecule has 2 aromatic carbocycles. The normalized spacial score (nSPS) is 22.8. The SMILES string of the molecule is COc1ccc(C[C@H]2NC(=O)/C=C\C[C@@H]([C@H](C)[C@H]3O[C@@H]3c3ccc(CNC(=O)[C@H](C)NC(=O)[C@@H](NC(=O)CCCC(=O)ON4C(=O)CCC4=O)C(C)C)cc3)OC(=O)[C@H](CC(C)C)NC(=O)C(C)(C)CNC2=O)cc1Cl. The van der Waals surface area contributed by atoms with Gasteiger partial charge in [0.15, 0.2) is 0 Å². The minimum atomic E-state index is -1.17. The van der Waals surface area contributed by atoms with Crippen LogP contribution in [-0.2, 0) is 75.2 Å². The van der Waals surface area contributed by atoms with E-state index >= 15 is 0 Å². The summed E-state index contributed by atoms with van der Waals surface area (Å²) in [5.74, 6) is -6.15. The molecule has 8 amide bonds. The number of nitrogens with zero attached hydrogens (tertiary/aromatic N) is 1. The highest BCUT2D eigenvalue weighted by Gasteiger charge is 2.48. The van der Waals surface area contributed by atoms with Gasteiger partial charge in [0.25, 0.3) is 11.8 Å². The average Bonchev–Trinajstić information content (AvgIpc) is 4.11. The molecule has 0 bridgehead atoms. The fourth-order valence-electron chi connectivity index (χ4n) is 8.48. The molecule has 0 aliphatic carbocycles. The number of cyclic esters (lactones) is 1. The summed E-state index contributed by atoms with van der Waals surface area (Å²) >= 11 is 6.38. The first-order chi connectivity index (χ1) is 35.9. The van der Waals surface area contributed by atoms with E-state index in [2.05, 4.69) is 31.9 Å². The first kappa shape index (κ1) is 60.0. The molecule has 2 aromatic rings. The lowest BCUT2D eigenvalue weighted by Gasteiger charge is -2.30. The maximum absolute atomic E-state index is 14.0. The van der Waals surface area contributed by atoms with Crippen LogP contribution < -0.4 is 36.6 Å². The fourth-order valence-corrected chi connectivity index (χ4v) is 8.76. The third-order valence-electron chi connectivity index (χ3n) is 13.2. The first-order valence-electron chi connectivity index (χ1n) is 25.6. The zero-order valence-electron chi connectivity index (χ0n) is 44.6. The van der Waals surface area contributed by atoms with Crippen LogP contribution in [-0.4, -0.2) is 114 Å². The van der Waals surface area contributed by atoms with Gasteiger partial charge in [0.1, 0.15) is 42.1 Å².